The van der Waals surface area contributed by atoms with E-state index in [0.717, 1.165) is 5.56 Å². The van der Waals surface area contributed by atoms with Gasteiger partial charge in [-0.05, 0) is 17.7 Å². The molecule has 4 rings (SSSR count). The average molecular weight is 383 g/mol. The molecule has 1 aromatic carbocycles. The molecule has 1 unspecified atom stereocenters. The first kappa shape index (κ1) is 17.1. The first-order chi connectivity index (χ1) is 13.0. The van der Waals surface area contributed by atoms with Crippen molar-refractivity contribution < 1.29 is 8.76 Å². The molecule has 138 valence electrons. The van der Waals surface area contributed by atoms with E-state index in [0.29, 0.717) is 34.2 Å². The van der Waals surface area contributed by atoms with Gasteiger partial charge in [0.25, 0.3) is 0 Å². The summed E-state index contributed by atoms with van der Waals surface area (Å²) in [4.78, 5) is 8.88. The van der Waals surface area contributed by atoms with Crippen molar-refractivity contribution in [3.05, 3.63) is 48.5 Å². The van der Waals surface area contributed by atoms with Gasteiger partial charge in [-0.25, -0.2) is 4.52 Å². The van der Waals surface area contributed by atoms with E-state index in [2.05, 4.69) is 25.5 Å². The zero-order chi connectivity index (χ0) is 19.0. The lowest BCUT2D eigenvalue weighted by atomic mass is 10.2. The minimum absolute atomic E-state index is 0.126. The van der Waals surface area contributed by atoms with Crippen molar-refractivity contribution >= 4 is 34.1 Å². The molecular weight excluding hydrogens is 368 g/mol. The van der Waals surface area contributed by atoms with Gasteiger partial charge >= 0.3 is 0 Å². The van der Waals surface area contributed by atoms with Crippen LogP contribution in [0, 0.1) is 0 Å². The second-order valence-corrected chi connectivity index (χ2v) is 6.76. The maximum absolute atomic E-state index is 10.8. The van der Waals surface area contributed by atoms with Gasteiger partial charge in [-0.2, -0.15) is 10.1 Å². The number of nitrogens with two attached hydrogens (primary N) is 1. The minimum atomic E-state index is -2.19. The maximum atomic E-state index is 10.8. The van der Waals surface area contributed by atoms with E-state index in [1.165, 1.54) is 0 Å². The predicted octanol–water partition coefficient (Wildman–Crippen LogP) is 1.23. The summed E-state index contributed by atoms with van der Waals surface area (Å²) in [5.41, 5.74) is 9.58. The highest BCUT2D eigenvalue weighted by Crippen LogP contribution is 2.24. The van der Waals surface area contributed by atoms with Crippen LogP contribution in [-0.2, 0) is 23.9 Å². The lowest BCUT2D eigenvalue weighted by Crippen LogP contribution is -2.01. The number of aromatic nitrogens is 6. The van der Waals surface area contributed by atoms with Gasteiger partial charge in [0.2, 0.25) is 5.95 Å². The monoisotopic (exact) mass is 383 g/mol. The molecule has 0 amide bonds. The van der Waals surface area contributed by atoms with Crippen molar-refractivity contribution in [2.75, 3.05) is 11.1 Å². The second kappa shape index (κ2) is 6.78. The Morgan fingerprint density at radius 2 is 2.22 bits per heavy atom. The number of nitrogen functional groups attached to an aromatic ring is 1. The smallest absolute Gasteiger partial charge is 0.247 e. The van der Waals surface area contributed by atoms with E-state index >= 15 is 0 Å². The number of rotatable bonds is 5. The molecule has 0 saturated heterocycles. The van der Waals surface area contributed by atoms with Gasteiger partial charge in [0.15, 0.2) is 5.65 Å². The SMILES string of the molecule is Cn1cc(-c2nccn3nc(Nc4ccc(CS(=O)[O-])c(N)c4)nc23)cn1. The fraction of sp³-hybridized carbons (Fsp3) is 0.125. The summed E-state index contributed by atoms with van der Waals surface area (Å²) in [5.74, 6) is 0.242. The molecule has 27 heavy (non-hydrogen) atoms. The van der Waals surface area contributed by atoms with Crippen LogP contribution in [0.15, 0.2) is 43.0 Å². The van der Waals surface area contributed by atoms with Crippen molar-refractivity contribution in [3.63, 3.8) is 0 Å². The zero-order valence-corrected chi connectivity index (χ0v) is 15.1. The van der Waals surface area contributed by atoms with Gasteiger partial charge in [-0.3, -0.25) is 13.9 Å². The van der Waals surface area contributed by atoms with Crippen molar-refractivity contribution in [2.24, 2.45) is 7.05 Å². The predicted molar refractivity (Wildman–Crippen MR) is 99.7 cm³/mol. The Kier molecular flexibility index (Phi) is 4.30. The summed E-state index contributed by atoms with van der Waals surface area (Å²) in [7, 11) is 1.83. The van der Waals surface area contributed by atoms with Crippen LogP contribution in [0.25, 0.3) is 16.9 Å². The highest BCUT2D eigenvalue weighted by Gasteiger charge is 2.13. The number of benzene rings is 1. The molecule has 1 atom stereocenters. The van der Waals surface area contributed by atoms with E-state index in [9.17, 15) is 8.76 Å². The third-order valence-electron chi connectivity index (χ3n) is 3.91. The van der Waals surface area contributed by atoms with Gasteiger partial charge in [0, 0.05) is 48.3 Å². The Morgan fingerprint density at radius 1 is 1.37 bits per heavy atom. The van der Waals surface area contributed by atoms with E-state index in [1.807, 2.05) is 13.2 Å². The summed E-state index contributed by atoms with van der Waals surface area (Å²) in [6, 6.07) is 5.03. The van der Waals surface area contributed by atoms with Crippen LogP contribution in [0.3, 0.4) is 0 Å². The van der Waals surface area contributed by atoms with Crippen LogP contribution in [0.5, 0.6) is 0 Å². The van der Waals surface area contributed by atoms with Crippen LogP contribution in [0.1, 0.15) is 5.56 Å². The quantitative estimate of drug-likeness (QED) is 0.387. The fourth-order valence-electron chi connectivity index (χ4n) is 2.68. The molecule has 11 heteroatoms. The average Bonchev–Trinajstić information content (AvgIpc) is 3.22. The Bertz CT molecular complexity index is 1150. The number of fused-ring (bicyclic) bond motifs is 1. The molecule has 0 saturated carbocycles. The summed E-state index contributed by atoms with van der Waals surface area (Å²) < 4.78 is 25.0. The summed E-state index contributed by atoms with van der Waals surface area (Å²) in [6.45, 7) is 0. The Balaban J connectivity index is 1.65. The first-order valence-corrected chi connectivity index (χ1v) is 9.16. The van der Waals surface area contributed by atoms with E-state index in [-0.39, 0.29) is 5.75 Å². The summed E-state index contributed by atoms with van der Waals surface area (Å²) in [5, 5.41) is 11.6. The topological polar surface area (TPSA) is 139 Å². The lowest BCUT2D eigenvalue weighted by molar-refractivity contribution is 0.536. The summed E-state index contributed by atoms with van der Waals surface area (Å²) >= 11 is -2.19. The lowest BCUT2D eigenvalue weighted by Gasteiger charge is -2.10. The molecule has 0 aliphatic heterocycles. The molecule has 0 aliphatic carbocycles. The van der Waals surface area contributed by atoms with Crippen molar-refractivity contribution in [3.8, 4) is 11.3 Å². The second-order valence-electron chi connectivity index (χ2n) is 5.87. The molecule has 3 heterocycles. The molecule has 0 aliphatic rings. The van der Waals surface area contributed by atoms with E-state index in [1.54, 1.807) is 46.0 Å². The molecule has 0 bridgehead atoms. The van der Waals surface area contributed by atoms with E-state index < -0.39 is 11.1 Å². The molecular formula is C16H15N8O2S-. The Labute approximate surface area is 156 Å². The maximum Gasteiger partial charge on any atom is 0.247 e. The van der Waals surface area contributed by atoms with Gasteiger partial charge in [-0.15, -0.1) is 5.10 Å². The summed E-state index contributed by atoms with van der Waals surface area (Å²) in [6.07, 6.45) is 6.91. The Hall–Kier alpha value is -3.31. The number of hydrogen-bond acceptors (Lipinski definition) is 8. The highest BCUT2D eigenvalue weighted by molar-refractivity contribution is 7.78. The van der Waals surface area contributed by atoms with Gasteiger partial charge < -0.3 is 15.6 Å². The third kappa shape index (κ3) is 3.50. The van der Waals surface area contributed by atoms with E-state index in [4.69, 9.17) is 5.73 Å². The van der Waals surface area contributed by atoms with Gasteiger partial charge in [0.1, 0.15) is 5.69 Å². The van der Waals surface area contributed by atoms with Crippen LogP contribution in [0.4, 0.5) is 17.3 Å². The van der Waals surface area contributed by atoms with Crippen LogP contribution in [0.2, 0.25) is 0 Å². The molecule has 0 fully saturated rings. The zero-order valence-electron chi connectivity index (χ0n) is 14.2. The third-order valence-corrected chi connectivity index (χ3v) is 4.45. The number of nitrogens with zero attached hydrogens (tertiary/aromatic N) is 6. The first-order valence-electron chi connectivity index (χ1n) is 7.91. The minimum Gasteiger partial charge on any atom is -0.772 e. The number of nitrogens with one attached hydrogen (secondary N) is 1. The molecule has 0 spiro atoms. The van der Waals surface area contributed by atoms with Crippen molar-refractivity contribution in [2.45, 2.75) is 5.75 Å². The standard InChI is InChI=1S/C16H16N8O2S/c1-23-8-11(7-19-23)14-15-21-16(22-24(15)5-4-18-14)20-12-3-2-10(9-27(25)26)13(17)6-12/h2-8H,9,17H2,1H3,(H,20,22)(H,25,26)/p-1. The van der Waals surface area contributed by atoms with Crippen LogP contribution in [-0.4, -0.2) is 38.1 Å². The normalized spacial score (nSPS) is 12.4. The fourth-order valence-corrected chi connectivity index (χ4v) is 3.19. The van der Waals surface area contributed by atoms with Crippen LogP contribution >= 0.6 is 0 Å². The van der Waals surface area contributed by atoms with Gasteiger partial charge in [0.05, 0.1) is 6.20 Å². The molecule has 4 aromatic rings. The van der Waals surface area contributed by atoms with Crippen LogP contribution < -0.4 is 11.1 Å². The number of aryl methyl sites for hydroxylation is 1. The van der Waals surface area contributed by atoms with Crippen molar-refractivity contribution in [1.82, 2.24) is 29.4 Å². The molecule has 3 aromatic heterocycles. The number of anilines is 3. The largest absolute Gasteiger partial charge is 0.772 e. The number of hydrogen-bond donors (Lipinski definition) is 2. The Morgan fingerprint density at radius 3 is 2.93 bits per heavy atom. The molecule has 3 N–H and O–H groups in total. The molecule has 10 nitrogen and oxygen atoms in total. The van der Waals surface area contributed by atoms with Crippen molar-refractivity contribution in [1.29, 1.82) is 0 Å². The molecule has 0 radical (unpaired) electrons. The van der Waals surface area contributed by atoms with Gasteiger partial charge in [-0.1, -0.05) is 17.1 Å². The highest BCUT2D eigenvalue weighted by atomic mass is 32.2.